The lowest BCUT2D eigenvalue weighted by atomic mass is 10.0. The van der Waals surface area contributed by atoms with Crippen LogP contribution in [-0.2, 0) is 29.5 Å². The molecule has 41 heavy (non-hydrogen) atoms. The number of hydrogen-bond acceptors (Lipinski definition) is 8. The minimum absolute atomic E-state index is 0.0562. The molecule has 1 aromatic carbocycles. The van der Waals surface area contributed by atoms with Crippen LogP contribution in [0.25, 0.3) is 10.9 Å². The number of alkyl halides is 3. The maximum Gasteiger partial charge on any atom is 0.404 e. The molecule has 1 N–H and O–H groups in total. The fourth-order valence-electron chi connectivity index (χ4n) is 4.82. The van der Waals surface area contributed by atoms with E-state index in [4.69, 9.17) is 9.47 Å². The van der Waals surface area contributed by atoms with Crippen molar-refractivity contribution >= 4 is 32.7 Å². The van der Waals surface area contributed by atoms with Gasteiger partial charge in [0.1, 0.15) is 0 Å². The van der Waals surface area contributed by atoms with Gasteiger partial charge >= 0.3 is 6.18 Å². The Morgan fingerprint density at radius 1 is 1.17 bits per heavy atom. The lowest BCUT2D eigenvalue weighted by Crippen LogP contribution is -2.37. The second-order valence-corrected chi connectivity index (χ2v) is 12.7. The van der Waals surface area contributed by atoms with Gasteiger partial charge in [-0.3, -0.25) is 9.52 Å². The Balaban J connectivity index is 1.54. The molecule has 2 aromatic heterocycles. The molecular weight excluding hydrogens is 563 g/mol. The van der Waals surface area contributed by atoms with Crippen LogP contribution in [0.2, 0.25) is 0 Å². The second kappa shape index (κ2) is 11.0. The second-order valence-electron chi connectivity index (χ2n) is 11.0. The van der Waals surface area contributed by atoms with Crippen molar-refractivity contribution < 1.29 is 31.1 Å². The number of rotatable bonds is 10. The molecule has 1 aliphatic carbocycles. The molecule has 0 saturated heterocycles. The number of methoxy groups -OCH3 is 1. The van der Waals surface area contributed by atoms with E-state index in [1.165, 1.54) is 13.2 Å². The number of halogens is 3. The molecule has 0 unspecified atom stereocenters. The Labute approximate surface area is 235 Å². The molecule has 1 saturated carbocycles. The van der Waals surface area contributed by atoms with Gasteiger partial charge in [0.2, 0.25) is 16.0 Å². The first-order chi connectivity index (χ1) is 19.3. The van der Waals surface area contributed by atoms with E-state index in [0.29, 0.717) is 55.0 Å². The average molecular weight is 596 g/mol. The molecule has 5 rings (SSSR count). The minimum atomic E-state index is -4.95. The van der Waals surface area contributed by atoms with Gasteiger partial charge in [-0.2, -0.15) is 18.2 Å². The summed E-state index contributed by atoms with van der Waals surface area (Å²) in [4.78, 5) is 23.8. The van der Waals surface area contributed by atoms with E-state index in [9.17, 15) is 26.4 Å². The van der Waals surface area contributed by atoms with Crippen LogP contribution in [0.1, 0.15) is 37.8 Å². The van der Waals surface area contributed by atoms with E-state index in [1.54, 1.807) is 21.7 Å². The van der Waals surface area contributed by atoms with Gasteiger partial charge in [0.05, 0.1) is 19.2 Å². The van der Waals surface area contributed by atoms with E-state index in [0.717, 1.165) is 18.4 Å². The fourth-order valence-corrected chi connectivity index (χ4v) is 5.77. The Morgan fingerprint density at radius 2 is 1.93 bits per heavy atom. The molecule has 222 valence electrons. The van der Waals surface area contributed by atoms with E-state index in [-0.39, 0.29) is 34.8 Å². The predicted octanol–water partition coefficient (Wildman–Crippen LogP) is 4.11. The smallest absolute Gasteiger partial charge is 0.404 e. The number of pyridine rings is 1. The summed E-state index contributed by atoms with van der Waals surface area (Å²) in [7, 11) is -3.39. The molecule has 2 aliphatic rings. The quantitative estimate of drug-likeness (QED) is 0.373. The molecule has 0 bridgehead atoms. The molecule has 0 radical (unpaired) electrons. The van der Waals surface area contributed by atoms with Crippen LogP contribution in [0.15, 0.2) is 29.2 Å². The van der Waals surface area contributed by atoms with E-state index in [2.05, 4.69) is 9.97 Å². The summed E-state index contributed by atoms with van der Waals surface area (Å²) in [5.74, 6) is -0.893. The molecule has 0 spiro atoms. The molecule has 14 heteroatoms. The van der Waals surface area contributed by atoms with Gasteiger partial charge in [0.25, 0.3) is 5.56 Å². The Hall–Kier alpha value is -3.55. The number of anilines is 2. The van der Waals surface area contributed by atoms with Crippen molar-refractivity contribution in [2.75, 3.05) is 35.6 Å². The predicted molar refractivity (Wildman–Crippen MR) is 148 cm³/mol. The number of aromatic nitrogens is 3. The van der Waals surface area contributed by atoms with E-state index in [1.807, 2.05) is 24.6 Å². The van der Waals surface area contributed by atoms with Gasteiger partial charge in [0, 0.05) is 42.8 Å². The summed E-state index contributed by atoms with van der Waals surface area (Å²) >= 11 is 0. The van der Waals surface area contributed by atoms with Crippen LogP contribution in [0.5, 0.6) is 11.5 Å². The summed E-state index contributed by atoms with van der Waals surface area (Å²) in [6.07, 6.45) is -0.722. The summed E-state index contributed by atoms with van der Waals surface area (Å²) in [6.45, 7) is 5.72. The highest BCUT2D eigenvalue weighted by atomic mass is 32.2. The van der Waals surface area contributed by atoms with Crippen LogP contribution in [-0.4, -0.2) is 55.1 Å². The molecule has 10 nitrogen and oxygen atoms in total. The lowest BCUT2D eigenvalue weighted by Gasteiger charge is -2.29. The van der Waals surface area contributed by atoms with Crippen LogP contribution in [0.4, 0.5) is 24.9 Å². The first-order valence-electron chi connectivity index (χ1n) is 13.4. The van der Waals surface area contributed by atoms with Crippen LogP contribution in [0, 0.1) is 11.8 Å². The van der Waals surface area contributed by atoms with Crippen LogP contribution in [0.3, 0.4) is 0 Å². The highest BCUT2D eigenvalue weighted by Gasteiger charge is 2.36. The Bertz CT molecular complexity index is 1620. The normalized spacial score (nSPS) is 15.7. The molecule has 1 aliphatic heterocycles. The summed E-state index contributed by atoms with van der Waals surface area (Å²) < 4.78 is 79.1. The van der Waals surface area contributed by atoms with Crippen molar-refractivity contribution in [1.82, 2.24) is 14.5 Å². The molecule has 0 amide bonds. The van der Waals surface area contributed by atoms with E-state index < -0.39 is 22.0 Å². The zero-order valence-corrected chi connectivity index (χ0v) is 23.8. The van der Waals surface area contributed by atoms with Crippen molar-refractivity contribution in [2.24, 2.45) is 11.8 Å². The SMILES string of the molecule is COc1cc2nc(N3CCc4c(ccn(CC(C)C)c4=O)C3)nc(NS(=O)(=O)CC(F)(F)F)c2cc1OCC1CC1. The molecule has 0 atom stereocenters. The highest BCUT2D eigenvalue weighted by Crippen LogP contribution is 2.38. The van der Waals surface area contributed by atoms with Crippen molar-refractivity contribution in [2.45, 2.75) is 52.4 Å². The first-order valence-corrected chi connectivity index (χ1v) is 15.0. The number of nitrogens with zero attached hydrogens (tertiary/aromatic N) is 4. The average Bonchev–Trinajstić information content (AvgIpc) is 3.71. The van der Waals surface area contributed by atoms with Gasteiger partial charge in [-0.05, 0) is 48.8 Å². The van der Waals surface area contributed by atoms with Crippen LogP contribution >= 0.6 is 0 Å². The maximum absolute atomic E-state index is 13.0. The number of sulfonamides is 1. The number of ether oxygens (including phenoxy) is 2. The van der Waals surface area contributed by atoms with Gasteiger partial charge in [-0.1, -0.05) is 13.8 Å². The van der Waals surface area contributed by atoms with Crippen molar-refractivity contribution in [3.05, 3.63) is 45.9 Å². The van der Waals surface area contributed by atoms with Gasteiger partial charge < -0.3 is 18.9 Å². The molecule has 1 fully saturated rings. The standard InChI is InChI=1S/C27H32F3N5O5S/c1-16(2)12-34-8-6-18-13-35(9-7-19(18)25(34)36)26-31-21-11-22(39-3)23(40-14-17-4-5-17)10-20(21)24(32-26)33-41(37,38)15-27(28,29)30/h6,8,10-11,16-17H,4-5,7,9,12-15H2,1-3H3,(H,31,32,33). The summed E-state index contributed by atoms with van der Waals surface area (Å²) in [5.41, 5.74) is 1.67. The lowest BCUT2D eigenvalue weighted by molar-refractivity contribution is -0.106. The monoisotopic (exact) mass is 595 g/mol. The summed E-state index contributed by atoms with van der Waals surface area (Å²) in [6, 6.07) is 4.90. The zero-order chi connectivity index (χ0) is 29.5. The fraction of sp³-hybridized carbons (Fsp3) is 0.519. The van der Waals surface area contributed by atoms with E-state index >= 15 is 0 Å². The number of hydrogen-bond donors (Lipinski definition) is 1. The van der Waals surface area contributed by atoms with Gasteiger partial charge in [-0.15, -0.1) is 0 Å². The zero-order valence-electron chi connectivity index (χ0n) is 23.0. The number of fused-ring (bicyclic) bond motifs is 2. The van der Waals surface area contributed by atoms with Crippen LogP contribution < -0.4 is 24.7 Å². The van der Waals surface area contributed by atoms with Gasteiger partial charge in [0.15, 0.2) is 23.1 Å². The molecule has 3 heterocycles. The Morgan fingerprint density at radius 3 is 2.59 bits per heavy atom. The third-order valence-corrected chi connectivity index (χ3v) is 8.16. The molecule has 3 aromatic rings. The van der Waals surface area contributed by atoms with Crippen molar-refractivity contribution in [3.63, 3.8) is 0 Å². The van der Waals surface area contributed by atoms with Gasteiger partial charge in [-0.25, -0.2) is 13.4 Å². The van der Waals surface area contributed by atoms with Crippen molar-refractivity contribution in [1.29, 1.82) is 0 Å². The minimum Gasteiger partial charge on any atom is -0.493 e. The first kappa shape index (κ1) is 29.0. The third kappa shape index (κ3) is 6.85. The summed E-state index contributed by atoms with van der Waals surface area (Å²) in [5, 5.41) is 0.167. The number of nitrogens with one attached hydrogen (secondary N) is 1. The highest BCUT2D eigenvalue weighted by molar-refractivity contribution is 7.92. The Kier molecular flexibility index (Phi) is 7.79. The topological polar surface area (TPSA) is 116 Å². The van der Waals surface area contributed by atoms with Crippen molar-refractivity contribution in [3.8, 4) is 11.5 Å². The largest absolute Gasteiger partial charge is 0.493 e. The number of benzene rings is 1. The molecular formula is C27H32F3N5O5S. The maximum atomic E-state index is 13.0. The third-order valence-electron chi connectivity index (χ3n) is 6.95.